The van der Waals surface area contributed by atoms with Crippen molar-refractivity contribution in [2.24, 2.45) is 0 Å². The molecule has 0 aliphatic carbocycles. The molecule has 0 saturated carbocycles. The molecule has 35 heavy (non-hydrogen) atoms. The van der Waals surface area contributed by atoms with E-state index in [1.165, 1.54) is 0 Å². The van der Waals surface area contributed by atoms with Crippen LogP contribution < -0.4 is 16.4 Å². The molecule has 4 N–H and O–H groups in total. The zero-order valence-electron chi connectivity index (χ0n) is 19.1. The standard InChI is InChI=1S/C27H23N7O/c1-17-14-21(34-27(28)31-17)15-18-6-8-19(9-7-18)33-26(35)25-11-10-20(16-30-25)32-24-12-13-29-23-5-3-2-4-22(23)24/h2-14,16H,15H2,1H3,(H,29,32)(H,33,35)(H2,28,31,34). The molecule has 0 aliphatic heterocycles. The van der Waals surface area contributed by atoms with Crippen LogP contribution >= 0.6 is 0 Å². The van der Waals surface area contributed by atoms with Gasteiger partial charge in [-0.25, -0.2) is 15.0 Å². The number of carbonyl (C=O) groups excluding carboxylic acids is 1. The molecule has 1 amide bonds. The van der Waals surface area contributed by atoms with E-state index in [1.807, 2.05) is 73.7 Å². The van der Waals surface area contributed by atoms with Crippen LogP contribution in [0.5, 0.6) is 0 Å². The number of nitrogen functional groups attached to an aromatic ring is 1. The number of pyridine rings is 2. The molecule has 5 aromatic rings. The van der Waals surface area contributed by atoms with E-state index in [1.54, 1.807) is 18.5 Å². The minimum absolute atomic E-state index is 0.270. The van der Waals surface area contributed by atoms with Gasteiger partial charge in [-0.05, 0) is 55.0 Å². The van der Waals surface area contributed by atoms with Gasteiger partial charge in [0.25, 0.3) is 5.91 Å². The highest BCUT2D eigenvalue weighted by atomic mass is 16.1. The highest BCUT2D eigenvalue weighted by molar-refractivity contribution is 6.03. The molecule has 0 fully saturated rings. The first kappa shape index (κ1) is 22.0. The Morgan fingerprint density at radius 2 is 1.71 bits per heavy atom. The van der Waals surface area contributed by atoms with E-state index in [9.17, 15) is 4.79 Å². The van der Waals surface area contributed by atoms with Crippen LogP contribution in [0.15, 0.2) is 85.2 Å². The maximum atomic E-state index is 12.7. The van der Waals surface area contributed by atoms with Gasteiger partial charge in [-0.3, -0.25) is 9.78 Å². The Morgan fingerprint density at radius 1 is 0.914 bits per heavy atom. The van der Waals surface area contributed by atoms with E-state index in [0.29, 0.717) is 17.8 Å². The van der Waals surface area contributed by atoms with Crippen LogP contribution in [-0.2, 0) is 6.42 Å². The summed E-state index contributed by atoms with van der Waals surface area (Å²) in [4.78, 5) is 29.7. The number of hydrogen-bond donors (Lipinski definition) is 3. The number of amides is 1. The lowest BCUT2D eigenvalue weighted by molar-refractivity contribution is 0.102. The Bertz CT molecular complexity index is 1470. The van der Waals surface area contributed by atoms with E-state index in [4.69, 9.17) is 5.73 Å². The van der Waals surface area contributed by atoms with Crippen molar-refractivity contribution < 1.29 is 4.79 Å². The van der Waals surface area contributed by atoms with Crippen molar-refractivity contribution in [1.82, 2.24) is 19.9 Å². The summed E-state index contributed by atoms with van der Waals surface area (Å²) in [5.74, 6) is -0.00964. The first-order valence-electron chi connectivity index (χ1n) is 11.1. The van der Waals surface area contributed by atoms with Crippen LogP contribution in [-0.4, -0.2) is 25.8 Å². The predicted octanol–water partition coefficient (Wildman–Crippen LogP) is 4.90. The molecule has 0 unspecified atom stereocenters. The molecule has 0 atom stereocenters. The van der Waals surface area contributed by atoms with Crippen LogP contribution in [0.4, 0.5) is 23.0 Å². The van der Waals surface area contributed by atoms with Gasteiger partial charge in [0.1, 0.15) is 5.69 Å². The highest BCUT2D eigenvalue weighted by Gasteiger charge is 2.09. The summed E-state index contributed by atoms with van der Waals surface area (Å²) in [6.07, 6.45) is 4.03. The van der Waals surface area contributed by atoms with Crippen molar-refractivity contribution in [2.45, 2.75) is 13.3 Å². The number of nitrogens with zero attached hydrogens (tertiary/aromatic N) is 4. The summed E-state index contributed by atoms with van der Waals surface area (Å²) < 4.78 is 0. The monoisotopic (exact) mass is 461 g/mol. The van der Waals surface area contributed by atoms with Crippen LogP contribution in [0.2, 0.25) is 0 Å². The molecule has 3 heterocycles. The van der Waals surface area contributed by atoms with Crippen molar-refractivity contribution in [3.63, 3.8) is 0 Å². The van der Waals surface area contributed by atoms with E-state index >= 15 is 0 Å². The Labute approximate surface area is 202 Å². The molecule has 0 radical (unpaired) electrons. The molecular weight excluding hydrogens is 438 g/mol. The number of aromatic nitrogens is 4. The minimum Gasteiger partial charge on any atom is -0.368 e. The molecule has 0 spiro atoms. The average Bonchev–Trinajstić information content (AvgIpc) is 2.85. The van der Waals surface area contributed by atoms with Gasteiger partial charge in [0, 0.05) is 35.1 Å². The van der Waals surface area contributed by atoms with Crippen LogP contribution in [0.3, 0.4) is 0 Å². The van der Waals surface area contributed by atoms with Crippen molar-refractivity contribution in [2.75, 3.05) is 16.4 Å². The largest absolute Gasteiger partial charge is 0.368 e. The van der Waals surface area contributed by atoms with Crippen molar-refractivity contribution in [3.8, 4) is 0 Å². The average molecular weight is 462 g/mol. The fraction of sp³-hybridized carbons (Fsp3) is 0.0741. The Balaban J connectivity index is 1.23. The van der Waals surface area contributed by atoms with E-state index in [-0.39, 0.29) is 11.9 Å². The van der Waals surface area contributed by atoms with Crippen molar-refractivity contribution in [1.29, 1.82) is 0 Å². The number of nitrogens with one attached hydrogen (secondary N) is 2. The third-order valence-electron chi connectivity index (χ3n) is 5.45. The molecule has 172 valence electrons. The van der Waals surface area contributed by atoms with Crippen LogP contribution in [0.25, 0.3) is 10.9 Å². The van der Waals surface area contributed by atoms with Crippen LogP contribution in [0.1, 0.15) is 27.4 Å². The third kappa shape index (κ3) is 5.22. The predicted molar refractivity (Wildman–Crippen MR) is 138 cm³/mol. The van der Waals surface area contributed by atoms with Crippen molar-refractivity contribution >= 4 is 39.8 Å². The molecule has 0 bridgehead atoms. The number of anilines is 4. The number of hydrogen-bond acceptors (Lipinski definition) is 7. The second-order valence-corrected chi connectivity index (χ2v) is 8.12. The first-order chi connectivity index (χ1) is 17.0. The molecule has 3 aromatic heterocycles. The zero-order valence-corrected chi connectivity index (χ0v) is 19.1. The number of carbonyl (C=O) groups is 1. The highest BCUT2D eigenvalue weighted by Crippen LogP contribution is 2.24. The number of fused-ring (bicyclic) bond motifs is 1. The van der Waals surface area contributed by atoms with Crippen molar-refractivity contribution in [3.05, 3.63) is 108 Å². The zero-order chi connectivity index (χ0) is 24.2. The van der Waals surface area contributed by atoms with E-state index in [0.717, 1.165) is 39.2 Å². The lowest BCUT2D eigenvalue weighted by Gasteiger charge is -2.10. The number of benzene rings is 2. The molecule has 2 aromatic carbocycles. The molecule has 0 aliphatic rings. The second-order valence-electron chi connectivity index (χ2n) is 8.12. The Morgan fingerprint density at radius 3 is 2.49 bits per heavy atom. The summed E-state index contributed by atoms with van der Waals surface area (Å²) in [6.45, 7) is 1.89. The quantitative estimate of drug-likeness (QED) is 0.329. The third-order valence-corrected chi connectivity index (χ3v) is 5.45. The van der Waals surface area contributed by atoms with Gasteiger partial charge in [-0.1, -0.05) is 30.3 Å². The number of nitrogens with two attached hydrogens (primary N) is 1. The summed E-state index contributed by atoms with van der Waals surface area (Å²) in [7, 11) is 0. The number of rotatable bonds is 6. The second kappa shape index (κ2) is 9.56. The summed E-state index contributed by atoms with van der Waals surface area (Å²) >= 11 is 0. The Kier molecular flexibility index (Phi) is 6.00. The van der Waals surface area contributed by atoms with Gasteiger partial charge in [0.15, 0.2) is 0 Å². The van der Waals surface area contributed by atoms with Gasteiger partial charge in [0.05, 0.1) is 23.1 Å². The van der Waals surface area contributed by atoms with Gasteiger partial charge in [-0.15, -0.1) is 0 Å². The molecule has 0 saturated heterocycles. The van der Waals surface area contributed by atoms with Gasteiger partial charge in [-0.2, -0.15) is 0 Å². The summed E-state index contributed by atoms with van der Waals surface area (Å²) in [5, 5.41) is 7.24. The summed E-state index contributed by atoms with van der Waals surface area (Å²) in [6, 6.07) is 22.8. The smallest absolute Gasteiger partial charge is 0.274 e. The molecule has 8 nitrogen and oxygen atoms in total. The normalized spacial score (nSPS) is 10.8. The van der Waals surface area contributed by atoms with Gasteiger partial charge in [0.2, 0.25) is 5.95 Å². The maximum Gasteiger partial charge on any atom is 0.274 e. The van der Waals surface area contributed by atoms with Crippen LogP contribution in [0, 0.1) is 6.92 Å². The van der Waals surface area contributed by atoms with Gasteiger partial charge >= 0.3 is 0 Å². The SMILES string of the molecule is Cc1cc(Cc2ccc(NC(=O)c3ccc(Nc4ccnc5ccccc45)cn3)cc2)nc(N)n1. The fourth-order valence-corrected chi connectivity index (χ4v) is 3.82. The minimum atomic E-state index is -0.280. The van der Waals surface area contributed by atoms with E-state index in [2.05, 4.69) is 30.6 Å². The lowest BCUT2D eigenvalue weighted by atomic mass is 10.1. The lowest BCUT2D eigenvalue weighted by Crippen LogP contribution is -2.13. The first-order valence-corrected chi connectivity index (χ1v) is 11.1. The number of para-hydroxylation sites is 1. The van der Waals surface area contributed by atoms with Gasteiger partial charge < -0.3 is 16.4 Å². The molecular formula is C27H23N7O. The summed E-state index contributed by atoms with van der Waals surface area (Å²) in [5.41, 5.74) is 12.1. The molecule has 5 rings (SSSR count). The Hall–Kier alpha value is -4.85. The van der Waals surface area contributed by atoms with E-state index < -0.39 is 0 Å². The fourth-order valence-electron chi connectivity index (χ4n) is 3.82. The maximum absolute atomic E-state index is 12.7. The topological polar surface area (TPSA) is 119 Å². The number of aryl methyl sites for hydroxylation is 1. The molecule has 8 heteroatoms.